The van der Waals surface area contributed by atoms with E-state index in [0.29, 0.717) is 5.41 Å². The van der Waals surface area contributed by atoms with Crippen molar-refractivity contribution < 1.29 is 0 Å². The van der Waals surface area contributed by atoms with Crippen LogP contribution in [-0.4, -0.2) is 29.1 Å². The third-order valence-corrected chi connectivity index (χ3v) is 4.94. The van der Waals surface area contributed by atoms with E-state index >= 15 is 0 Å². The van der Waals surface area contributed by atoms with Gasteiger partial charge in [-0.15, -0.1) is 5.10 Å². The molecular weight excluding hydrogens is 250 g/mol. The number of hydrogen-bond donors (Lipinski definition) is 2. The Morgan fingerprint density at radius 3 is 2.45 bits per heavy atom. The number of aromatic nitrogens is 2. The second kappa shape index (κ2) is 5.38. The van der Waals surface area contributed by atoms with Crippen LogP contribution in [0.2, 0.25) is 0 Å². The van der Waals surface area contributed by atoms with Crippen molar-refractivity contribution in [2.45, 2.75) is 47.0 Å². The molecule has 5 nitrogen and oxygen atoms in total. The van der Waals surface area contributed by atoms with E-state index in [0.717, 1.165) is 35.7 Å². The number of hydrogen-bond acceptors (Lipinski definition) is 4. The predicted octanol–water partition coefficient (Wildman–Crippen LogP) is 2.39. The van der Waals surface area contributed by atoms with Crippen LogP contribution in [-0.2, 0) is 0 Å². The fourth-order valence-electron chi connectivity index (χ4n) is 3.08. The van der Waals surface area contributed by atoms with E-state index in [4.69, 9.17) is 11.1 Å². The van der Waals surface area contributed by atoms with E-state index in [1.807, 2.05) is 13.8 Å². The normalized spacial score (nSPS) is 17.5. The SMILES string of the molecule is CCC1(CC)CCN(c2nnc(C)c(C)c2C(=N)N)C1. The lowest BCUT2D eigenvalue weighted by molar-refractivity contribution is 0.301. The van der Waals surface area contributed by atoms with Crippen molar-refractivity contribution in [2.75, 3.05) is 18.0 Å². The number of rotatable bonds is 4. The summed E-state index contributed by atoms with van der Waals surface area (Å²) in [4.78, 5) is 2.25. The number of nitrogen functional groups attached to an aromatic ring is 1. The van der Waals surface area contributed by atoms with Crippen molar-refractivity contribution in [3.63, 3.8) is 0 Å². The Balaban J connectivity index is 2.40. The molecule has 0 aromatic carbocycles. The molecule has 1 aromatic heterocycles. The second-order valence-electron chi connectivity index (χ2n) is 5.90. The van der Waals surface area contributed by atoms with Crippen molar-refractivity contribution >= 4 is 11.7 Å². The average molecular weight is 275 g/mol. The first kappa shape index (κ1) is 14.8. The first-order chi connectivity index (χ1) is 9.44. The molecule has 0 atom stereocenters. The topological polar surface area (TPSA) is 78.9 Å². The van der Waals surface area contributed by atoms with E-state index < -0.39 is 0 Å². The number of amidine groups is 1. The molecule has 0 spiro atoms. The highest BCUT2D eigenvalue weighted by atomic mass is 15.3. The summed E-state index contributed by atoms with van der Waals surface area (Å²) in [6.07, 6.45) is 3.52. The molecule has 2 heterocycles. The highest BCUT2D eigenvalue weighted by Crippen LogP contribution is 2.39. The maximum absolute atomic E-state index is 7.85. The van der Waals surface area contributed by atoms with Crippen LogP contribution >= 0.6 is 0 Å². The van der Waals surface area contributed by atoms with E-state index in [-0.39, 0.29) is 5.84 Å². The van der Waals surface area contributed by atoms with E-state index in [1.54, 1.807) is 0 Å². The molecule has 0 aliphatic carbocycles. The summed E-state index contributed by atoms with van der Waals surface area (Å²) in [5, 5.41) is 16.4. The first-order valence-corrected chi connectivity index (χ1v) is 7.37. The molecule has 2 rings (SSSR count). The fourth-order valence-corrected chi connectivity index (χ4v) is 3.08. The highest BCUT2D eigenvalue weighted by Gasteiger charge is 2.36. The van der Waals surface area contributed by atoms with Crippen LogP contribution < -0.4 is 10.6 Å². The molecule has 1 saturated heterocycles. The third kappa shape index (κ3) is 2.37. The minimum absolute atomic E-state index is 0.0843. The number of nitrogens with zero attached hydrogens (tertiary/aromatic N) is 3. The number of nitrogens with two attached hydrogens (primary N) is 1. The van der Waals surface area contributed by atoms with Gasteiger partial charge in [-0.3, -0.25) is 5.41 Å². The maximum Gasteiger partial charge on any atom is 0.162 e. The van der Waals surface area contributed by atoms with Crippen molar-refractivity contribution in [1.29, 1.82) is 5.41 Å². The molecule has 0 bridgehead atoms. The molecule has 1 fully saturated rings. The molecule has 0 amide bonds. The Bertz CT molecular complexity index is 519. The molecule has 1 aliphatic rings. The quantitative estimate of drug-likeness (QED) is 0.653. The van der Waals surface area contributed by atoms with Crippen LogP contribution in [0.4, 0.5) is 5.82 Å². The summed E-state index contributed by atoms with van der Waals surface area (Å²) in [6.45, 7) is 10.3. The first-order valence-electron chi connectivity index (χ1n) is 7.37. The molecule has 0 unspecified atom stereocenters. The van der Waals surface area contributed by atoms with Crippen LogP contribution in [0.3, 0.4) is 0 Å². The van der Waals surface area contributed by atoms with Gasteiger partial charge in [0.05, 0.1) is 11.3 Å². The summed E-state index contributed by atoms with van der Waals surface area (Å²) in [5.41, 5.74) is 8.70. The van der Waals surface area contributed by atoms with Gasteiger partial charge in [0, 0.05) is 13.1 Å². The van der Waals surface area contributed by atoms with Crippen LogP contribution in [0.15, 0.2) is 0 Å². The predicted molar refractivity (Wildman–Crippen MR) is 82.4 cm³/mol. The Hall–Kier alpha value is -1.65. The lowest BCUT2D eigenvalue weighted by Crippen LogP contribution is -2.30. The zero-order valence-electron chi connectivity index (χ0n) is 13.0. The van der Waals surface area contributed by atoms with Crippen molar-refractivity contribution in [3.8, 4) is 0 Å². The number of anilines is 1. The van der Waals surface area contributed by atoms with Gasteiger partial charge < -0.3 is 10.6 Å². The summed E-state index contributed by atoms with van der Waals surface area (Å²) < 4.78 is 0. The van der Waals surface area contributed by atoms with E-state index in [2.05, 4.69) is 28.9 Å². The minimum Gasteiger partial charge on any atom is -0.384 e. The third-order valence-electron chi connectivity index (χ3n) is 4.94. The molecular formula is C15H25N5. The number of nitrogens with one attached hydrogen (secondary N) is 1. The Labute approximate surface area is 121 Å². The van der Waals surface area contributed by atoms with Gasteiger partial charge in [-0.05, 0) is 44.1 Å². The molecule has 0 radical (unpaired) electrons. The monoisotopic (exact) mass is 275 g/mol. The van der Waals surface area contributed by atoms with Gasteiger partial charge in [0.1, 0.15) is 5.84 Å². The Morgan fingerprint density at radius 1 is 1.30 bits per heavy atom. The molecule has 1 aliphatic heterocycles. The standard InChI is InChI=1S/C15H25N5/c1-5-15(6-2)7-8-20(9-15)14-12(13(16)17)10(3)11(4)18-19-14/h5-9H2,1-4H3,(H3,16,17). The molecule has 20 heavy (non-hydrogen) atoms. The minimum atomic E-state index is 0.0843. The summed E-state index contributed by atoms with van der Waals surface area (Å²) >= 11 is 0. The zero-order chi connectivity index (χ0) is 14.9. The molecule has 5 heteroatoms. The van der Waals surface area contributed by atoms with Crippen molar-refractivity contribution in [2.24, 2.45) is 11.1 Å². The van der Waals surface area contributed by atoms with Gasteiger partial charge >= 0.3 is 0 Å². The Kier molecular flexibility index (Phi) is 3.97. The lowest BCUT2D eigenvalue weighted by Gasteiger charge is -2.27. The van der Waals surface area contributed by atoms with Crippen molar-refractivity contribution in [3.05, 3.63) is 16.8 Å². The van der Waals surface area contributed by atoms with Crippen LogP contribution in [0.1, 0.15) is 49.9 Å². The van der Waals surface area contributed by atoms with Gasteiger partial charge in [0.25, 0.3) is 0 Å². The fraction of sp³-hybridized carbons (Fsp3) is 0.667. The van der Waals surface area contributed by atoms with Gasteiger partial charge in [-0.2, -0.15) is 5.10 Å². The zero-order valence-corrected chi connectivity index (χ0v) is 13.0. The average Bonchev–Trinajstić information content (AvgIpc) is 2.86. The summed E-state index contributed by atoms with van der Waals surface area (Å²) in [6, 6.07) is 0. The second-order valence-corrected chi connectivity index (χ2v) is 5.90. The highest BCUT2D eigenvalue weighted by molar-refractivity contribution is 6.01. The van der Waals surface area contributed by atoms with Gasteiger partial charge in [-0.25, -0.2) is 0 Å². The van der Waals surface area contributed by atoms with Crippen LogP contribution in [0.5, 0.6) is 0 Å². The van der Waals surface area contributed by atoms with Gasteiger partial charge in [0.2, 0.25) is 0 Å². The molecule has 3 N–H and O–H groups in total. The van der Waals surface area contributed by atoms with E-state index in [1.165, 1.54) is 19.3 Å². The lowest BCUT2D eigenvalue weighted by atomic mass is 9.82. The molecule has 0 saturated carbocycles. The number of aryl methyl sites for hydroxylation is 1. The van der Waals surface area contributed by atoms with Gasteiger partial charge in [-0.1, -0.05) is 13.8 Å². The van der Waals surface area contributed by atoms with Crippen LogP contribution in [0, 0.1) is 24.7 Å². The summed E-state index contributed by atoms with van der Waals surface area (Å²) in [7, 11) is 0. The van der Waals surface area contributed by atoms with Crippen molar-refractivity contribution in [1.82, 2.24) is 10.2 Å². The smallest absolute Gasteiger partial charge is 0.162 e. The molecule has 110 valence electrons. The Morgan fingerprint density at radius 2 is 1.95 bits per heavy atom. The van der Waals surface area contributed by atoms with E-state index in [9.17, 15) is 0 Å². The van der Waals surface area contributed by atoms with Crippen LogP contribution in [0.25, 0.3) is 0 Å². The largest absolute Gasteiger partial charge is 0.384 e. The maximum atomic E-state index is 7.85. The molecule has 1 aromatic rings. The summed E-state index contributed by atoms with van der Waals surface area (Å²) in [5.74, 6) is 0.866. The van der Waals surface area contributed by atoms with Gasteiger partial charge in [0.15, 0.2) is 5.82 Å².